The van der Waals surface area contributed by atoms with Crippen LogP contribution in [-0.4, -0.2) is 53.1 Å². The van der Waals surface area contributed by atoms with Crippen LogP contribution in [0.1, 0.15) is 60.4 Å². The first-order chi connectivity index (χ1) is 16.8. The van der Waals surface area contributed by atoms with E-state index in [1.54, 1.807) is 11.0 Å². The van der Waals surface area contributed by atoms with Gasteiger partial charge in [0.2, 0.25) is 0 Å². The number of sulfone groups is 1. The van der Waals surface area contributed by atoms with Gasteiger partial charge in [0, 0.05) is 30.6 Å². The number of aromatic nitrogens is 2. The first-order valence-electron chi connectivity index (χ1n) is 11.5. The van der Waals surface area contributed by atoms with Crippen LogP contribution >= 0.6 is 0 Å². The molecule has 0 saturated heterocycles. The van der Waals surface area contributed by atoms with Crippen molar-refractivity contribution in [3.63, 3.8) is 0 Å². The number of aromatic amines is 1. The van der Waals surface area contributed by atoms with E-state index >= 15 is 0 Å². The van der Waals surface area contributed by atoms with Gasteiger partial charge < -0.3 is 15.3 Å². The second-order valence-electron chi connectivity index (χ2n) is 9.40. The molecule has 35 heavy (non-hydrogen) atoms. The highest BCUT2D eigenvalue weighted by atomic mass is 32.2. The summed E-state index contributed by atoms with van der Waals surface area (Å²) in [5, 5.41) is 20.3. The SMILES string of the molecule is O=C(N[C@H]1c2ccccc2C[C@H]1O)c1cccc2c1CN(C(=O)c1n[nH]c3c1CS(=O)(=O)C3)CC2. The van der Waals surface area contributed by atoms with Gasteiger partial charge in [0.05, 0.1) is 29.3 Å². The normalized spacial score (nSPS) is 21.8. The minimum Gasteiger partial charge on any atom is -0.390 e. The van der Waals surface area contributed by atoms with Crippen molar-refractivity contribution in [2.24, 2.45) is 0 Å². The Labute approximate surface area is 202 Å². The van der Waals surface area contributed by atoms with Crippen LogP contribution in [0.2, 0.25) is 0 Å². The average Bonchev–Trinajstić information content (AvgIpc) is 3.47. The molecule has 2 amide bonds. The maximum absolute atomic E-state index is 13.3. The topological polar surface area (TPSA) is 132 Å². The molecule has 2 aliphatic heterocycles. The van der Waals surface area contributed by atoms with Crippen molar-refractivity contribution in [3.8, 4) is 0 Å². The minimum absolute atomic E-state index is 0.133. The van der Waals surface area contributed by atoms with Gasteiger partial charge in [-0.25, -0.2) is 8.42 Å². The lowest BCUT2D eigenvalue weighted by Gasteiger charge is -2.30. The number of fused-ring (bicyclic) bond motifs is 3. The van der Waals surface area contributed by atoms with Gasteiger partial charge in [-0.3, -0.25) is 14.7 Å². The highest BCUT2D eigenvalue weighted by Crippen LogP contribution is 2.33. The molecule has 1 aromatic heterocycles. The molecule has 9 nitrogen and oxygen atoms in total. The van der Waals surface area contributed by atoms with Crippen molar-refractivity contribution >= 4 is 21.7 Å². The smallest absolute Gasteiger partial charge is 0.274 e. The first kappa shape index (κ1) is 22.0. The van der Waals surface area contributed by atoms with Gasteiger partial charge in [0.1, 0.15) is 0 Å². The highest BCUT2D eigenvalue weighted by molar-refractivity contribution is 7.90. The fourth-order valence-corrected chi connectivity index (χ4v) is 6.96. The van der Waals surface area contributed by atoms with E-state index in [1.165, 1.54) is 0 Å². The Morgan fingerprint density at radius 2 is 1.86 bits per heavy atom. The van der Waals surface area contributed by atoms with Crippen LogP contribution < -0.4 is 5.32 Å². The van der Waals surface area contributed by atoms with E-state index in [0.29, 0.717) is 36.2 Å². The number of aliphatic hydroxyl groups is 1. The molecule has 0 saturated carbocycles. The molecule has 3 heterocycles. The molecule has 3 aromatic rings. The molecule has 2 aromatic carbocycles. The monoisotopic (exact) mass is 492 g/mol. The molecule has 180 valence electrons. The van der Waals surface area contributed by atoms with E-state index in [-0.39, 0.29) is 35.6 Å². The molecule has 6 rings (SSSR count). The molecule has 0 bridgehead atoms. The number of H-pyrrole nitrogens is 1. The largest absolute Gasteiger partial charge is 0.390 e. The summed E-state index contributed by atoms with van der Waals surface area (Å²) >= 11 is 0. The van der Waals surface area contributed by atoms with Crippen LogP contribution in [0.5, 0.6) is 0 Å². The first-order valence-corrected chi connectivity index (χ1v) is 13.4. The number of nitrogens with zero attached hydrogens (tertiary/aromatic N) is 2. The van der Waals surface area contributed by atoms with Gasteiger partial charge >= 0.3 is 0 Å². The van der Waals surface area contributed by atoms with E-state index in [1.807, 2.05) is 36.4 Å². The van der Waals surface area contributed by atoms with E-state index in [9.17, 15) is 23.1 Å². The van der Waals surface area contributed by atoms with Gasteiger partial charge in [-0.05, 0) is 34.7 Å². The van der Waals surface area contributed by atoms with Crippen LogP contribution in [0.25, 0.3) is 0 Å². The van der Waals surface area contributed by atoms with Crippen molar-refractivity contribution < 1.29 is 23.1 Å². The number of rotatable bonds is 3. The number of hydrogen-bond acceptors (Lipinski definition) is 6. The summed E-state index contributed by atoms with van der Waals surface area (Å²) in [5.74, 6) is -0.973. The van der Waals surface area contributed by atoms with Crippen LogP contribution in [0.4, 0.5) is 0 Å². The van der Waals surface area contributed by atoms with E-state index in [4.69, 9.17) is 0 Å². The second kappa shape index (κ2) is 8.03. The van der Waals surface area contributed by atoms with Crippen molar-refractivity contribution in [2.45, 2.75) is 43.0 Å². The van der Waals surface area contributed by atoms with E-state index in [0.717, 1.165) is 22.3 Å². The molecule has 0 spiro atoms. The maximum atomic E-state index is 13.3. The van der Waals surface area contributed by atoms with Gasteiger partial charge in [0.15, 0.2) is 15.5 Å². The zero-order valence-corrected chi connectivity index (χ0v) is 19.6. The lowest BCUT2D eigenvalue weighted by atomic mass is 9.93. The summed E-state index contributed by atoms with van der Waals surface area (Å²) in [6.45, 7) is 0.663. The molecule has 3 N–H and O–H groups in total. The third kappa shape index (κ3) is 3.73. The van der Waals surface area contributed by atoms with Crippen molar-refractivity contribution in [1.82, 2.24) is 20.4 Å². The van der Waals surface area contributed by atoms with Crippen LogP contribution in [-0.2, 0) is 40.7 Å². The fraction of sp³-hybridized carbons (Fsp3) is 0.320. The van der Waals surface area contributed by atoms with Gasteiger partial charge in [0.25, 0.3) is 11.8 Å². The molecule has 3 aliphatic rings. The third-order valence-electron chi connectivity index (χ3n) is 7.18. The number of carbonyl (C=O) groups excluding carboxylic acids is 2. The van der Waals surface area contributed by atoms with Crippen molar-refractivity contribution in [1.29, 1.82) is 0 Å². The Morgan fingerprint density at radius 1 is 1.06 bits per heavy atom. The van der Waals surface area contributed by atoms with E-state index < -0.39 is 22.0 Å². The van der Waals surface area contributed by atoms with Crippen molar-refractivity contribution in [3.05, 3.63) is 87.2 Å². The summed E-state index contributed by atoms with van der Waals surface area (Å²) in [4.78, 5) is 28.3. The van der Waals surface area contributed by atoms with Crippen LogP contribution in [0.15, 0.2) is 42.5 Å². The lowest BCUT2D eigenvalue weighted by molar-refractivity contribution is 0.0723. The predicted octanol–water partition coefficient (Wildman–Crippen LogP) is 1.42. The number of amides is 2. The Bertz CT molecular complexity index is 1480. The van der Waals surface area contributed by atoms with Crippen LogP contribution in [0, 0.1) is 0 Å². The number of nitrogens with one attached hydrogen (secondary N) is 2. The summed E-state index contributed by atoms with van der Waals surface area (Å²) < 4.78 is 24.0. The average molecular weight is 493 g/mol. The quantitative estimate of drug-likeness (QED) is 0.507. The van der Waals surface area contributed by atoms with Crippen molar-refractivity contribution in [2.75, 3.05) is 6.54 Å². The zero-order chi connectivity index (χ0) is 24.3. The standard InChI is InChI=1S/C25H24N4O5S/c30-21-10-15-4-1-2-6-16(15)22(21)26-24(31)17-7-3-5-14-8-9-29(11-18(14)17)25(32)23-19-12-35(33,34)13-20(19)27-28-23/h1-7,21-22,30H,8-13H2,(H,26,31)(H,27,28)/t21-,22+/m1/s1. The lowest BCUT2D eigenvalue weighted by Crippen LogP contribution is -2.39. The Kier molecular flexibility index (Phi) is 5.05. The van der Waals surface area contributed by atoms with Gasteiger partial charge in [-0.1, -0.05) is 36.4 Å². The molecule has 2 atom stereocenters. The molecular formula is C25H24N4O5S. The number of benzene rings is 2. The summed E-state index contributed by atoms with van der Waals surface area (Å²) in [7, 11) is -3.27. The van der Waals surface area contributed by atoms with Gasteiger partial charge in [-0.15, -0.1) is 0 Å². The Morgan fingerprint density at radius 3 is 2.71 bits per heavy atom. The van der Waals surface area contributed by atoms with E-state index in [2.05, 4.69) is 15.5 Å². The Balaban J connectivity index is 1.25. The number of hydrogen-bond donors (Lipinski definition) is 3. The number of aliphatic hydroxyl groups excluding tert-OH is 1. The summed E-state index contributed by atoms with van der Waals surface area (Å²) in [6.07, 6.45) is 0.356. The summed E-state index contributed by atoms with van der Waals surface area (Å²) in [6, 6.07) is 12.7. The van der Waals surface area contributed by atoms with Gasteiger partial charge in [-0.2, -0.15) is 5.10 Å². The molecular weight excluding hydrogens is 468 g/mol. The maximum Gasteiger partial charge on any atom is 0.274 e. The zero-order valence-electron chi connectivity index (χ0n) is 18.8. The molecule has 0 unspecified atom stereocenters. The fourth-order valence-electron chi connectivity index (χ4n) is 5.43. The van der Waals surface area contributed by atoms with Crippen LogP contribution in [0.3, 0.4) is 0 Å². The number of carbonyl (C=O) groups is 2. The molecule has 10 heteroatoms. The highest BCUT2D eigenvalue weighted by Gasteiger charge is 2.36. The molecule has 1 aliphatic carbocycles. The predicted molar refractivity (Wildman–Crippen MR) is 126 cm³/mol. The molecule has 0 fully saturated rings. The minimum atomic E-state index is -3.27. The second-order valence-corrected chi connectivity index (χ2v) is 11.5. The Hall–Kier alpha value is -3.50. The summed E-state index contributed by atoms with van der Waals surface area (Å²) in [5.41, 5.74) is 5.20. The molecule has 0 radical (unpaired) electrons. The third-order valence-corrected chi connectivity index (χ3v) is 8.64.